The van der Waals surface area contributed by atoms with E-state index in [9.17, 15) is 9.59 Å². The standard InChI is InChI=1S/C19H18N2O5/c22-18(11-1-2-11)21-17-9-15(5-6-20-17)26-14-3-4-16-12(8-14)7-13(10-25-16)19(23)24/h3-6,8-9,11,13H,1-2,7,10H2,(H,23,24)(H,20,21,22). The monoisotopic (exact) mass is 354 g/mol. The van der Waals surface area contributed by atoms with Crippen LogP contribution in [0.4, 0.5) is 5.82 Å². The number of ether oxygens (including phenoxy) is 2. The Morgan fingerprint density at radius 3 is 2.73 bits per heavy atom. The van der Waals surface area contributed by atoms with Gasteiger partial charge in [-0.3, -0.25) is 9.59 Å². The number of rotatable bonds is 5. The zero-order chi connectivity index (χ0) is 18.1. The van der Waals surface area contributed by atoms with E-state index in [2.05, 4.69) is 10.3 Å². The molecular weight excluding hydrogens is 336 g/mol. The normalized spacial score (nSPS) is 18.4. The first-order chi connectivity index (χ1) is 12.6. The summed E-state index contributed by atoms with van der Waals surface area (Å²) in [6, 6.07) is 8.69. The van der Waals surface area contributed by atoms with E-state index in [0.717, 1.165) is 18.4 Å². The maximum absolute atomic E-state index is 11.8. The van der Waals surface area contributed by atoms with Crippen molar-refractivity contribution in [1.29, 1.82) is 0 Å². The lowest BCUT2D eigenvalue weighted by molar-refractivity contribution is -0.143. The molecule has 1 unspecified atom stereocenters. The van der Waals surface area contributed by atoms with Crippen molar-refractivity contribution in [1.82, 2.24) is 4.98 Å². The molecule has 2 heterocycles. The zero-order valence-corrected chi connectivity index (χ0v) is 14.0. The number of hydrogen-bond donors (Lipinski definition) is 2. The minimum absolute atomic E-state index is 0.0136. The molecule has 1 saturated carbocycles. The number of nitrogens with zero attached hydrogens (tertiary/aromatic N) is 1. The summed E-state index contributed by atoms with van der Waals surface area (Å²) in [5, 5.41) is 11.9. The number of hydrogen-bond acceptors (Lipinski definition) is 5. The Morgan fingerprint density at radius 1 is 1.15 bits per heavy atom. The number of nitrogens with one attached hydrogen (secondary N) is 1. The average Bonchev–Trinajstić information content (AvgIpc) is 3.46. The summed E-state index contributed by atoms with van der Waals surface area (Å²) in [7, 11) is 0. The van der Waals surface area contributed by atoms with Crippen molar-refractivity contribution in [3.63, 3.8) is 0 Å². The van der Waals surface area contributed by atoms with Gasteiger partial charge in [-0.15, -0.1) is 0 Å². The van der Waals surface area contributed by atoms with Gasteiger partial charge >= 0.3 is 5.97 Å². The molecule has 1 aliphatic heterocycles. The Labute approximate surface area is 150 Å². The number of benzene rings is 1. The van der Waals surface area contributed by atoms with Gasteiger partial charge in [-0.25, -0.2) is 4.98 Å². The van der Waals surface area contributed by atoms with E-state index in [4.69, 9.17) is 14.6 Å². The summed E-state index contributed by atoms with van der Waals surface area (Å²) in [4.78, 5) is 27.1. The molecule has 4 rings (SSSR count). The fourth-order valence-corrected chi connectivity index (χ4v) is 2.85. The molecule has 134 valence electrons. The Kier molecular flexibility index (Phi) is 4.20. The van der Waals surface area contributed by atoms with Crippen LogP contribution in [0.25, 0.3) is 0 Å². The first kappa shape index (κ1) is 16.4. The van der Waals surface area contributed by atoms with Gasteiger partial charge in [-0.05, 0) is 49.1 Å². The van der Waals surface area contributed by atoms with Crippen molar-refractivity contribution >= 4 is 17.7 Å². The smallest absolute Gasteiger partial charge is 0.310 e. The number of carboxylic acids is 1. The highest BCUT2D eigenvalue weighted by atomic mass is 16.5. The molecule has 1 aromatic heterocycles. The van der Waals surface area contributed by atoms with Crippen LogP contribution in [-0.2, 0) is 16.0 Å². The molecule has 0 bridgehead atoms. The average molecular weight is 354 g/mol. The summed E-state index contributed by atoms with van der Waals surface area (Å²) in [6.07, 6.45) is 3.83. The molecule has 0 spiro atoms. The van der Waals surface area contributed by atoms with E-state index >= 15 is 0 Å². The quantitative estimate of drug-likeness (QED) is 0.857. The van der Waals surface area contributed by atoms with Crippen LogP contribution < -0.4 is 14.8 Å². The number of carbonyl (C=O) groups excluding carboxylic acids is 1. The first-order valence-corrected chi connectivity index (χ1v) is 8.52. The van der Waals surface area contributed by atoms with Gasteiger partial charge in [-0.2, -0.15) is 0 Å². The number of fused-ring (bicyclic) bond motifs is 1. The summed E-state index contributed by atoms with van der Waals surface area (Å²) in [6.45, 7) is 0.178. The number of aromatic nitrogens is 1. The second-order valence-corrected chi connectivity index (χ2v) is 6.56. The van der Waals surface area contributed by atoms with E-state index in [-0.39, 0.29) is 18.4 Å². The van der Waals surface area contributed by atoms with Crippen LogP contribution in [0, 0.1) is 11.8 Å². The maximum atomic E-state index is 11.8. The van der Waals surface area contributed by atoms with Crippen LogP contribution in [0.3, 0.4) is 0 Å². The fourth-order valence-electron chi connectivity index (χ4n) is 2.85. The number of pyridine rings is 1. The van der Waals surface area contributed by atoms with E-state index in [1.807, 2.05) is 0 Å². The molecule has 2 aliphatic rings. The van der Waals surface area contributed by atoms with Gasteiger partial charge < -0.3 is 19.9 Å². The van der Waals surface area contributed by atoms with Crippen LogP contribution in [-0.4, -0.2) is 28.6 Å². The van der Waals surface area contributed by atoms with E-state index < -0.39 is 11.9 Å². The summed E-state index contributed by atoms with van der Waals surface area (Å²) in [5.41, 5.74) is 0.803. The van der Waals surface area contributed by atoms with Gasteiger partial charge in [0.05, 0.1) is 5.92 Å². The minimum atomic E-state index is -0.868. The predicted octanol–water partition coefficient (Wildman–Crippen LogP) is 2.86. The van der Waals surface area contributed by atoms with Crippen molar-refractivity contribution < 1.29 is 24.2 Å². The number of carboxylic acid groups (broad SMARTS) is 1. The second kappa shape index (κ2) is 6.67. The number of amides is 1. The Balaban J connectivity index is 1.48. The third kappa shape index (κ3) is 3.61. The van der Waals surface area contributed by atoms with Crippen LogP contribution in [0.1, 0.15) is 18.4 Å². The molecule has 0 radical (unpaired) electrons. The lowest BCUT2D eigenvalue weighted by Crippen LogP contribution is -2.27. The topological polar surface area (TPSA) is 97.8 Å². The van der Waals surface area contributed by atoms with Gasteiger partial charge in [0, 0.05) is 18.2 Å². The van der Waals surface area contributed by atoms with Gasteiger partial charge in [0.1, 0.15) is 29.7 Å². The number of carbonyl (C=O) groups is 2. The van der Waals surface area contributed by atoms with E-state index in [1.54, 1.807) is 36.5 Å². The van der Waals surface area contributed by atoms with Crippen molar-refractivity contribution in [2.75, 3.05) is 11.9 Å². The Morgan fingerprint density at radius 2 is 1.96 bits per heavy atom. The fraction of sp³-hybridized carbons (Fsp3) is 0.316. The van der Waals surface area contributed by atoms with Gasteiger partial charge in [0.15, 0.2) is 0 Å². The Bertz CT molecular complexity index is 863. The predicted molar refractivity (Wildman–Crippen MR) is 92.4 cm³/mol. The molecule has 1 atom stereocenters. The van der Waals surface area contributed by atoms with Crippen LogP contribution in [0.15, 0.2) is 36.5 Å². The summed E-state index contributed by atoms with van der Waals surface area (Å²) < 4.78 is 11.3. The summed E-state index contributed by atoms with van der Waals surface area (Å²) >= 11 is 0. The van der Waals surface area contributed by atoms with Gasteiger partial charge in [-0.1, -0.05) is 0 Å². The second-order valence-electron chi connectivity index (χ2n) is 6.56. The third-order valence-electron chi connectivity index (χ3n) is 4.45. The van der Waals surface area contributed by atoms with E-state index in [0.29, 0.717) is 29.5 Å². The molecule has 0 saturated heterocycles. The molecule has 2 N–H and O–H groups in total. The molecule has 1 fully saturated rings. The zero-order valence-electron chi connectivity index (χ0n) is 14.0. The van der Waals surface area contributed by atoms with Crippen molar-refractivity contribution in [3.8, 4) is 17.2 Å². The lowest BCUT2D eigenvalue weighted by atomic mass is 9.97. The highest BCUT2D eigenvalue weighted by molar-refractivity contribution is 5.93. The summed E-state index contributed by atoms with van der Waals surface area (Å²) in [5.74, 6) is 0.912. The van der Waals surface area contributed by atoms with Crippen LogP contribution in [0.5, 0.6) is 17.2 Å². The van der Waals surface area contributed by atoms with Crippen molar-refractivity contribution in [3.05, 3.63) is 42.1 Å². The molecule has 7 nitrogen and oxygen atoms in total. The number of aliphatic carboxylic acids is 1. The molecule has 7 heteroatoms. The molecule has 1 aromatic carbocycles. The highest BCUT2D eigenvalue weighted by Gasteiger charge is 2.30. The lowest BCUT2D eigenvalue weighted by Gasteiger charge is -2.23. The Hall–Kier alpha value is -3.09. The van der Waals surface area contributed by atoms with Crippen molar-refractivity contribution in [2.24, 2.45) is 11.8 Å². The van der Waals surface area contributed by atoms with Gasteiger partial charge in [0.2, 0.25) is 5.91 Å². The number of anilines is 1. The molecule has 1 aliphatic carbocycles. The molecule has 26 heavy (non-hydrogen) atoms. The molecule has 1 amide bonds. The van der Waals surface area contributed by atoms with Crippen molar-refractivity contribution in [2.45, 2.75) is 19.3 Å². The molecule has 2 aromatic rings. The first-order valence-electron chi connectivity index (χ1n) is 8.52. The van der Waals surface area contributed by atoms with Gasteiger partial charge in [0.25, 0.3) is 0 Å². The minimum Gasteiger partial charge on any atom is -0.492 e. The van der Waals surface area contributed by atoms with E-state index in [1.165, 1.54) is 0 Å². The molecular formula is C19H18N2O5. The van der Waals surface area contributed by atoms with Crippen LogP contribution in [0.2, 0.25) is 0 Å². The highest BCUT2D eigenvalue weighted by Crippen LogP contribution is 2.33. The van der Waals surface area contributed by atoms with Crippen LogP contribution >= 0.6 is 0 Å². The maximum Gasteiger partial charge on any atom is 0.310 e. The third-order valence-corrected chi connectivity index (χ3v) is 4.45. The SMILES string of the molecule is O=C(O)C1COc2ccc(Oc3ccnc(NC(=O)C4CC4)c3)cc2C1. The largest absolute Gasteiger partial charge is 0.492 e.